The average molecular weight is 340 g/mol. The predicted molar refractivity (Wildman–Crippen MR) is 94.9 cm³/mol. The molecule has 5 nitrogen and oxygen atoms in total. The van der Waals surface area contributed by atoms with E-state index in [1.807, 2.05) is 30.3 Å². The molecule has 1 aliphatic carbocycles. The zero-order chi connectivity index (χ0) is 17.5. The van der Waals surface area contributed by atoms with Crippen LogP contribution in [0.25, 0.3) is 0 Å². The van der Waals surface area contributed by atoms with E-state index in [1.54, 1.807) is 11.0 Å². The molecule has 3 rings (SSSR count). The van der Waals surface area contributed by atoms with Crippen molar-refractivity contribution in [2.75, 3.05) is 6.54 Å². The third kappa shape index (κ3) is 4.95. The van der Waals surface area contributed by atoms with Crippen molar-refractivity contribution < 1.29 is 14.0 Å². The maximum atomic E-state index is 12.7. The summed E-state index contributed by atoms with van der Waals surface area (Å²) in [7, 11) is 0. The Bertz CT molecular complexity index is 676. The number of benzene rings is 1. The van der Waals surface area contributed by atoms with Crippen molar-refractivity contribution in [3.8, 4) is 0 Å². The fourth-order valence-electron chi connectivity index (χ4n) is 3.27. The second-order valence-electron chi connectivity index (χ2n) is 6.56. The highest BCUT2D eigenvalue weighted by Gasteiger charge is 2.22. The largest absolute Gasteiger partial charge is 0.472 e. The molecule has 25 heavy (non-hydrogen) atoms. The van der Waals surface area contributed by atoms with Crippen molar-refractivity contribution in [3.63, 3.8) is 0 Å². The minimum Gasteiger partial charge on any atom is -0.472 e. The lowest BCUT2D eigenvalue weighted by Gasteiger charge is -2.26. The number of hydrogen-bond acceptors (Lipinski definition) is 3. The first-order chi connectivity index (χ1) is 12.2. The Morgan fingerprint density at radius 3 is 2.52 bits per heavy atom. The van der Waals surface area contributed by atoms with Crippen LogP contribution in [0.1, 0.15) is 48.0 Å². The first kappa shape index (κ1) is 17.3. The van der Waals surface area contributed by atoms with Crippen LogP contribution in [0.3, 0.4) is 0 Å². The summed E-state index contributed by atoms with van der Waals surface area (Å²) >= 11 is 0. The quantitative estimate of drug-likeness (QED) is 0.877. The summed E-state index contributed by atoms with van der Waals surface area (Å²) in [6.07, 6.45) is 8.50. The molecule has 0 aliphatic heterocycles. The van der Waals surface area contributed by atoms with E-state index in [0.29, 0.717) is 12.1 Å². The normalized spacial score (nSPS) is 14.9. The Morgan fingerprint density at radius 1 is 1.08 bits per heavy atom. The molecule has 1 N–H and O–H groups in total. The minimum absolute atomic E-state index is 0.0510. The Balaban J connectivity index is 1.67. The summed E-state index contributed by atoms with van der Waals surface area (Å²) in [5.41, 5.74) is 1.45. The van der Waals surface area contributed by atoms with Gasteiger partial charge in [0, 0.05) is 12.6 Å². The molecule has 5 heteroatoms. The highest BCUT2D eigenvalue weighted by Crippen LogP contribution is 2.17. The van der Waals surface area contributed by atoms with Gasteiger partial charge >= 0.3 is 0 Å². The van der Waals surface area contributed by atoms with Crippen LogP contribution in [0, 0.1) is 0 Å². The summed E-state index contributed by atoms with van der Waals surface area (Å²) < 4.78 is 5.01. The number of nitrogens with zero attached hydrogens (tertiary/aromatic N) is 1. The highest BCUT2D eigenvalue weighted by molar-refractivity contribution is 5.96. The van der Waals surface area contributed by atoms with E-state index in [0.717, 1.165) is 31.2 Å². The number of nitrogens with one attached hydrogen (secondary N) is 1. The Labute approximate surface area is 148 Å². The van der Waals surface area contributed by atoms with Crippen LogP contribution in [0.15, 0.2) is 53.3 Å². The maximum Gasteiger partial charge on any atom is 0.257 e. The summed E-state index contributed by atoms with van der Waals surface area (Å²) in [4.78, 5) is 26.7. The third-order valence-electron chi connectivity index (χ3n) is 4.58. The molecule has 2 aromatic rings. The van der Waals surface area contributed by atoms with Gasteiger partial charge in [0.1, 0.15) is 12.8 Å². The molecule has 0 unspecified atom stereocenters. The molecule has 1 aromatic carbocycles. The molecule has 132 valence electrons. The van der Waals surface area contributed by atoms with E-state index in [1.165, 1.54) is 18.9 Å². The fourth-order valence-corrected chi connectivity index (χ4v) is 3.27. The standard InChI is InChI=1S/C20H24N2O3/c23-19(21-18-9-5-2-6-10-18)14-22(13-16-7-3-1-4-8-16)20(24)17-11-12-25-15-17/h1,3-4,7-8,11-12,15,18H,2,5-6,9-10,13-14H2,(H,21,23). The van der Waals surface area contributed by atoms with Crippen LogP contribution < -0.4 is 5.32 Å². The molecule has 1 fully saturated rings. The Morgan fingerprint density at radius 2 is 1.84 bits per heavy atom. The Kier molecular flexibility index (Phi) is 5.88. The van der Waals surface area contributed by atoms with Crippen LogP contribution in [-0.2, 0) is 11.3 Å². The molecule has 0 bridgehead atoms. The van der Waals surface area contributed by atoms with Gasteiger partial charge in [-0.2, -0.15) is 0 Å². The number of carbonyl (C=O) groups excluding carboxylic acids is 2. The fraction of sp³-hybridized carbons (Fsp3) is 0.400. The van der Waals surface area contributed by atoms with E-state index in [4.69, 9.17) is 4.42 Å². The second kappa shape index (κ2) is 8.51. The molecular weight excluding hydrogens is 316 g/mol. The molecule has 1 heterocycles. The maximum absolute atomic E-state index is 12.7. The molecule has 0 radical (unpaired) electrons. The minimum atomic E-state index is -0.198. The van der Waals surface area contributed by atoms with Gasteiger partial charge in [-0.3, -0.25) is 9.59 Å². The molecule has 0 saturated heterocycles. The summed E-state index contributed by atoms with van der Waals surface area (Å²) in [5, 5.41) is 3.08. The van der Waals surface area contributed by atoms with Crippen LogP contribution in [0.5, 0.6) is 0 Å². The van der Waals surface area contributed by atoms with Gasteiger partial charge in [0.2, 0.25) is 5.91 Å². The van der Waals surface area contributed by atoms with E-state index >= 15 is 0 Å². The first-order valence-electron chi connectivity index (χ1n) is 8.87. The number of carbonyl (C=O) groups is 2. The molecular formula is C20H24N2O3. The van der Waals surface area contributed by atoms with Gasteiger partial charge in [-0.25, -0.2) is 0 Å². The van der Waals surface area contributed by atoms with Gasteiger partial charge in [-0.15, -0.1) is 0 Å². The summed E-state index contributed by atoms with van der Waals surface area (Å²) in [6, 6.07) is 11.6. The van der Waals surface area contributed by atoms with E-state index in [9.17, 15) is 9.59 Å². The molecule has 0 spiro atoms. The summed E-state index contributed by atoms with van der Waals surface area (Å²) in [5.74, 6) is -0.295. The van der Waals surface area contributed by atoms with E-state index in [2.05, 4.69) is 5.32 Å². The predicted octanol–water partition coefficient (Wildman–Crippen LogP) is 3.37. The molecule has 2 amide bonds. The third-order valence-corrected chi connectivity index (χ3v) is 4.58. The van der Waals surface area contributed by atoms with Gasteiger partial charge in [0.05, 0.1) is 11.8 Å². The number of furan rings is 1. The zero-order valence-electron chi connectivity index (χ0n) is 14.3. The van der Waals surface area contributed by atoms with E-state index in [-0.39, 0.29) is 24.4 Å². The SMILES string of the molecule is O=C(CN(Cc1ccccc1)C(=O)c1ccoc1)NC1CCCCC1. The van der Waals surface area contributed by atoms with Crippen molar-refractivity contribution in [1.29, 1.82) is 0 Å². The number of amides is 2. The lowest BCUT2D eigenvalue weighted by Crippen LogP contribution is -2.44. The van der Waals surface area contributed by atoms with Gasteiger partial charge < -0.3 is 14.6 Å². The summed E-state index contributed by atoms with van der Waals surface area (Å²) in [6.45, 7) is 0.443. The first-order valence-corrected chi connectivity index (χ1v) is 8.87. The monoisotopic (exact) mass is 340 g/mol. The second-order valence-corrected chi connectivity index (χ2v) is 6.56. The number of rotatable bonds is 6. The van der Waals surface area contributed by atoms with Crippen molar-refractivity contribution >= 4 is 11.8 Å². The molecule has 1 aromatic heterocycles. The molecule has 0 atom stereocenters. The van der Waals surface area contributed by atoms with Gasteiger partial charge in [0.15, 0.2) is 0 Å². The molecule has 1 aliphatic rings. The zero-order valence-corrected chi connectivity index (χ0v) is 14.3. The van der Waals surface area contributed by atoms with Crippen molar-refractivity contribution in [3.05, 3.63) is 60.1 Å². The smallest absolute Gasteiger partial charge is 0.257 e. The van der Waals surface area contributed by atoms with Gasteiger partial charge in [0.25, 0.3) is 5.91 Å². The van der Waals surface area contributed by atoms with Crippen molar-refractivity contribution in [2.24, 2.45) is 0 Å². The average Bonchev–Trinajstić information content (AvgIpc) is 3.17. The highest BCUT2D eigenvalue weighted by atomic mass is 16.3. The Hall–Kier alpha value is -2.56. The lowest BCUT2D eigenvalue weighted by atomic mass is 9.95. The molecule has 1 saturated carbocycles. The van der Waals surface area contributed by atoms with Crippen molar-refractivity contribution in [1.82, 2.24) is 10.2 Å². The van der Waals surface area contributed by atoms with Gasteiger partial charge in [-0.05, 0) is 24.5 Å². The van der Waals surface area contributed by atoms with Crippen LogP contribution >= 0.6 is 0 Å². The van der Waals surface area contributed by atoms with Crippen LogP contribution in [-0.4, -0.2) is 29.3 Å². The lowest BCUT2D eigenvalue weighted by molar-refractivity contribution is -0.122. The van der Waals surface area contributed by atoms with Crippen LogP contribution in [0.2, 0.25) is 0 Å². The van der Waals surface area contributed by atoms with Gasteiger partial charge in [-0.1, -0.05) is 49.6 Å². The number of hydrogen-bond donors (Lipinski definition) is 1. The van der Waals surface area contributed by atoms with E-state index < -0.39 is 0 Å². The van der Waals surface area contributed by atoms with Crippen LogP contribution in [0.4, 0.5) is 0 Å². The van der Waals surface area contributed by atoms with Crippen molar-refractivity contribution in [2.45, 2.75) is 44.7 Å². The topological polar surface area (TPSA) is 62.6 Å².